The van der Waals surface area contributed by atoms with Crippen LogP contribution in [-0.4, -0.2) is 34.3 Å². The molecule has 1 aliphatic carbocycles. The first-order valence-corrected chi connectivity index (χ1v) is 11.4. The molecule has 1 heterocycles. The largest absolute Gasteiger partial charge is 0.461 e. The number of amides is 1. The van der Waals surface area contributed by atoms with Gasteiger partial charge in [-0.3, -0.25) is 4.79 Å². The molecular weight excluding hydrogens is 426 g/mol. The highest BCUT2D eigenvalue weighted by Gasteiger charge is 2.19. The van der Waals surface area contributed by atoms with Crippen LogP contribution in [0.15, 0.2) is 54.6 Å². The molecule has 1 fully saturated rings. The van der Waals surface area contributed by atoms with Crippen LogP contribution >= 0.6 is 11.6 Å². The average Bonchev–Trinajstić information content (AvgIpc) is 3.26. The summed E-state index contributed by atoms with van der Waals surface area (Å²) in [4.78, 5) is 24.9. The molecule has 2 aromatic carbocycles. The maximum Gasteiger partial charge on any atom is 0.358 e. The molecule has 1 N–H and O–H groups in total. The lowest BCUT2D eigenvalue weighted by atomic mass is 9.95. The van der Waals surface area contributed by atoms with Crippen LogP contribution in [0.25, 0.3) is 16.9 Å². The minimum atomic E-state index is -0.482. The SMILES string of the molecule is CCOC(=O)c1cc(-c2ccc(Cl)cc2)n(-c2ccc(C(=O)NC3CCCCC3)cc2)n1. The molecule has 0 bridgehead atoms. The molecule has 32 heavy (non-hydrogen) atoms. The van der Waals surface area contributed by atoms with Gasteiger partial charge in [0, 0.05) is 22.2 Å². The van der Waals surface area contributed by atoms with Gasteiger partial charge in [0.15, 0.2) is 5.69 Å². The molecule has 0 atom stereocenters. The van der Waals surface area contributed by atoms with E-state index in [1.165, 1.54) is 19.3 Å². The lowest BCUT2D eigenvalue weighted by molar-refractivity contribution is 0.0518. The van der Waals surface area contributed by atoms with Gasteiger partial charge in [-0.1, -0.05) is 43.0 Å². The highest BCUT2D eigenvalue weighted by Crippen LogP contribution is 2.26. The Kier molecular flexibility index (Phi) is 6.90. The van der Waals surface area contributed by atoms with E-state index in [2.05, 4.69) is 10.4 Å². The van der Waals surface area contributed by atoms with Gasteiger partial charge in [0.2, 0.25) is 0 Å². The minimum Gasteiger partial charge on any atom is -0.461 e. The molecule has 4 rings (SSSR count). The number of carbonyl (C=O) groups is 2. The fourth-order valence-electron chi connectivity index (χ4n) is 3.98. The van der Waals surface area contributed by atoms with Gasteiger partial charge >= 0.3 is 5.97 Å². The van der Waals surface area contributed by atoms with Crippen LogP contribution < -0.4 is 5.32 Å². The highest BCUT2D eigenvalue weighted by atomic mass is 35.5. The monoisotopic (exact) mass is 451 g/mol. The Labute approximate surface area is 192 Å². The number of hydrogen-bond acceptors (Lipinski definition) is 4. The van der Waals surface area contributed by atoms with E-state index in [4.69, 9.17) is 16.3 Å². The summed E-state index contributed by atoms with van der Waals surface area (Å²) in [5, 5.41) is 8.23. The molecule has 7 heteroatoms. The summed E-state index contributed by atoms with van der Waals surface area (Å²) >= 11 is 6.04. The first-order valence-electron chi connectivity index (χ1n) is 11.0. The van der Waals surface area contributed by atoms with Crippen LogP contribution in [0.2, 0.25) is 5.02 Å². The summed E-state index contributed by atoms with van der Waals surface area (Å²) in [5.41, 5.74) is 3.14. The van der Waals surface area contributed by atoms with Crippen molar-refractivity contribution in [1.29, 1.82) is 0 Å². The summed E-state index contributed by atoms with van der Waals surface area (Å²) in [5.74, 6) is -0.543. The third kappa shape index (κ3) is 5.02. The van der Waals surface area contributed by atoms with Crippen LogP contribution in [0.5, 0.6) is 0 Å². The predicted molar refractivity (Wildman–Crippen MR) is 124 cm³/mol. The Morgan fingerprint density at radius 2 is 1.75 bits per heavy atom. The first kappa shape index (κ1) is 22.1. The van der Waals surface area contributed by atoms with Crippen LogP contribution in [0.3, 0.4) is 0 Å². The Morgan fingerprint density at radius 1 is 1.06 bits per heavy atom. The van der Waals surface area contributed by atoms with Gasteiger partial charge in [0.05, 0.1) is 18.0 Å². The lowest BCUT2D eigenvalue weighted by Crippen LogP contribution is -2.36. The molecule has 0 radical (unpaired) electrons. The second-order valence-electron chi connectivity index (χ2n) is 7.91. The number of halogens is 1. The van der Waals surface area contributed by atoms with Crippen molar-refractivity contribution in [3.05, 3.63) is 70.9 Å². The normalized spacial score (nSPS) is 14.2. The number of aromatic nitrogens is 2. The predicted octanol–water partition coefficient (Wildman–Crippen LogP) is 5.43. The molecule has 6 nitrogen and oxygen atoms in total. The van der Waals surface area contributed by atoms with Crippen molar-refractivity contribution in [2.24, 2.45) is 0 Å². The van der Waals surface area contributed by atoms with Gasteiger partial charge in [-0.2, -0.15) is 5.10 Å². The second kappa shape index (κ2) is 10.0. The van der Waals surface area contributed by atoms with Crippen molar-refractivity contribution in [3.63, 3.8) is 0 Å². The van der Waals surface area contributed by atoms with Crippen molar-refractivity contribution in [1.82, 2.24) is 15.1 Å². The van der Waals surface area contributed by atoms with Gasteiger partial charge in [-0.05, 0) is 62.2 Å². The molecular formula is C25H26ClN3O3. The Balaban J connectivity index is 1.62. The zero-order valence-electron chi connectivity index (χ0n) is 18.0. The summed E-state index contributed by atoms with van der Waals surface area (Å²) in [6.45, 7) is 2.03. The maximum atomic E-state index is 12.6. The molecule has 1 aliphatic rings. The molecule has 0 spiro atoms. The van der Waals surface area contributed by atoms with E-state index in [0.29, 0.717) is 10.6 Å². The maximum absolute atomic E-state index is 12.6. The molecule has 0 saturated heterocycles. The van der Waals surface area contributed by atoms with E-state index in [9.17, 15) is 9.59 Å². The van der Waals surface area contributed by atoms with Crippen molar-refractivity contribution in [2.45, 2.75) is 45.1 Å². The topological polar surface area (TPSA) is 73.2 Å². The van der Waals surface area contributed by atoms with Crippen molar-refractivity contribution in [3.8, 4) is 16.9 Å². The molecule has 0 unspecified atom stereocenters. The average molecular weight is 452 g/mol. The number of nitrogens with zero attached hydrogens (tertiary/aromatic N) is 2. The van der Waals surface area contributed by atoms with E-state index in [1.54, 1.807) is 41.9 Å². The molecule has 0 aliphatic heterocycles. The smallest absolute Gasteiger partial charge is 0.358 e. The fraction of sp³-hybridized carbons (Fsp3) is 0.320. The lowest BCUT2D eigenvalue weighted by Gasteiger charge is -2.22. The van der Waals surface area contributed by atoms with Crippen molar-refractivity contribution < 1.29 is 14.3 Å². The fourth-order valence-corrected chi connectivity index (χ4v) is 4.10. The molecule has 3 aromatic rings. The first-order chi connectivity index (χ1) is 15.5. The van der Waals surface area contributed by atoms with Gasteiger partial charge in [0.1, 0.15) is 0 Å². The quantitative estimate of drug-likeness (QED) is 0.507. The van der Waals surface area contributed by atoms with E-state index in [1.807, 2.05) is 24.3 Å². The van der Waals surface area contributed by atoms with Crippen LogP contribution in [-0.2, 0) is 4.74 Å². The van der Waals surface area contributed by atoms with E-state index >= 15 is 0 Å². The Morgan fingerprint density at radius 3 is 2.41 bits per heavy atom. The zero-order valence-corrected chi connectivity index (χ0v) is 18.8. The van der Waals surface area contributed by atoms with Gasteiger partial charge in [0.25, 0.3) is 5.91 Å². The summed E-state index contributed by atoms with van der Waals surface area (Å²) in [7, 11) is 0. The highest BCUT2D eigenvalue weighted by molar-refractivity contribution is 6.30. The second-order valence-corrected chi connectivity index (χ2v) is 8.35. The van der Waals surface area contributed by atoms with Gasteiger partial charge < -0.3 is 10.1 Å². The standard InChI is InChI=1S/C25H26ClN3O3/c1-2-32-25(31)22-16-23(17-8-12-19(26)13-9-17)29(28-22)21-14-10-18(11-15-21)24(30)27-20-6-4-3-5-7-20/h8-16,20H,2-7H2,1H3,(H,27,30). The summed E-state index contributed by atoms with van der Waals surface area (Å²) in [6.07, 6.45) is 5.66. The van der Waals surface area contributed by atoms with Crippen LogP contribution in [0, 0.1) is 0 Å². The number of ether oxygens (including phenoxy) is 1. The number of hydrogen-bond donors (Lipinski definition) is 1. The van der Waals surface area contributed by atoms with Crippen molar-refractivity contribution in [2.75, 3.05) is 6.61 Å². The molecule has 1 amide bonds. The molecule has 166 valence electrons. The van der Waals surface area contributed by atoms with E-state index in [0.717, 1.165) is 29.8 Å². The number of benzene rings is 2. The third-order valence-electron chi connectivity index (χ3n) is 5.65. The molecule has 1 aromatic heterocycles. The van der Waals surface area contributed by atoms with Gasteiger partial charge in [-0.15, -0.1) is 0 Å². The summed E-state index contributed by atoms with van der Waals surface area (Å²) in [6, 6.07) is 16.5. The number of carbonyl (C=O) groups excluding carboxylic acids is 2. The minimum absolute atomic E-state index is 0.0611. The Bertz CT molecular complexity index is 1080. The van der Waals surface area contributed by atoms with Crippen LogP contribution in [0.1, 0.15) is 59.9 Å². The number of esters is 1. The summed E-state index contributed by atoms with van der Waals surface area (Å²) < 4.78 is 6.80. The Hall–Kier alpha value is -3.12. The number of rotatable bonds is 6. The van der Waals surface area contributed by atoms with Gasteiger partial charge in [-0.25, -0.2) is 9.48 Å². The molecule has 1 saturated carbocycles. The zero-order chi connectivity index (χ0) is 22.5. The van der Waals surface area contributed by atoms with Crippen LogP contribution in [0.4, 0.5) is 0 Å². The van der Waals surface area contributed by atoms with E-state index in [-0.39, 0.29) is 24.2 Å². The van der Waals surface area contributed by atoms with E-state index < -0.39 is 5.97 Å². The third-order valence-corrected chi connectivity index (χ3v) is 5.90. The number of nitrogens with one attached hydrogen (secondary N) is 1. The van der Waals surface area contributed by atoms with Crippen molar-refractivity contribution >= 4 is 23.5 Å².